The summed E-state index contributed by atoms with van der Waals surface area (Å²) in [6.07, 6.45) is -0.141. The van der Waals surface area contributed by atoms with E-state index in [0.29, 0.717) is 10.4 Å². The summed E-state index contributed by atoms with van der Waals surface area (Å²) >= 11 is 1.25. The summed E-state index contributed by atoms with van der Waals surface area (Å²) in [6, 6.07) is 1.57. The van der Waals surface area contributed by atoms with E-state index >= 15 is 0 Å². The third-order valence-corrected chi connectivity index (χ3v) is 2.19. The maximum Gasteiger partial charge on any atom is 0.160 e. The summed E-state index contributed by atoms with van der Waals surface area (Å²) in [6.45, 7) is -0.310. The summed E-state index contributed by atoms with van der Waals surface area (Å²) in [7, 11) is 0. The molecule has 0 amide bonds. The Bertz CT molecular complexity index is 244. The zero-order valence-corrected chi connectivity index (χ0v) is 6.54. The summed E-state index contributed by atoms with van der Waals surface area (Å²) in [4.78, 5) is 10.8. The molecule has 1 aromatic rings. The standard InChI is InChI=1S/C7H8O3S/c8-2-6-1-5(4-11-6)7(10)3-9/h1-2,4,7,9-10H,3H2. The van der Waals surface area contributed by atoms with Gasteiger partial charge in [0.25, 0.3) is 0 Å². The van der Waals surface area contributed by atoms with E-state index in [9.17, 15) is 4.79 Å². The topological polar surface area (TPSA) is 57.5 Å². The molecule has 0 aliphatic heterocycles. The first kappa shape index (κ1) is 8.39. The molecule has 0 aromatic carbocycles. The van der Waals surface area contributed by atoms with Crippen molar-refractivity contribution in [2.24, 2.45) is 0 Å². The lowest BCUT2D eigenvalue weighted by molar-refractivity contribution is 0.0958. The SMILES string of the molecule is O=Cc1cc(C(O)CO)cs1. The molecule has 0 saturated carbocycles. The number of carbonyl (C=O) groups excluding carboxylic acids is 1. The van der Waals surface area contributed by atoms with E-state index in [-0.39, 0.29) is 6.61 Å². The molecule has 1 unspecified atom stereocenters. The third kappa shape index (κ3) is 1.86. The van der Waals surface area contributed by atoms with Gasteiger partial charge in [-0.25, -0.2) is 0 Å². The second-order valence-corrected chi connectivity index (χ2v) is 3.04. The van der Waals surface area contributed by atoms with Crippen LogP contribution in [0.15, 0.2) is 11.4 Å². The number of rotatable bonds is 3. The number of aliphatic hydroxyl groups is 2. The summed E-state index contributed by atoms with van der Waals surface area (Å²) < 4.78 is 0. The third-order valence-electron chi connectivity index (χ3n) is 1.31. The van der Waals surface area contributed by atoms with Crippen LogP contribution in [0.1, 0.15) is 21.3 Å². The Morgan fingerprint density at radius 3 is 2.91 bits per heavy atom. The van der Waals surface area contributed by atoms with Crippen LogP contribution >= 0.6 is 11.3 Å². The number of aliphatic hydroxyl groups excluding tert-OH is 2. The molecular formula is C7H8O3S. The molecule has 0 radical (unpaired) electrons. The van der Waals surface area contributed by atoms with Crippen molar-refractivity contribution < 1.29 is 15.0 Å². The van der Waals surface area contributed by atoms with Crippen LogP contribution in [0, 0.1) is 0 Å². The maximum absolute atomic E-state index is 10.2. The van der Waals surface area contributed by atoms with Crippen LogP contribution in [0.4, 0.5) is 0 Å². The van der Waals surface area contributed by atoms with Crippen molar-refractivity contribution in [3.05, 3.63) is 21.9 Å². The summed E-state index contributed by atoms with van der Waals surface area (Å²) in [5, 5.41) is 19.3. The fourth-order valence-corrected chi connectivity index (χ4v) is 1.47. The Morgan fingerprint density at radius 2 is 2.45 bits per heavy atom. The van der Waals surface area contributed by atoms with E-state index in [1.165, 1.54) is 11.3 Å². The Hall–Kier alpha value is -0.710. The van der Waals surface area contributed by atoms with Crippen LogP contribution in [0.3, 0.4) is 0 Å². The molecule has 1 aromatic heterocycles. The lowest BCUT2D eigenvalue weighted by Crippen LogP contribution is -2.00. The lowest BCUT2D eigenvalue weighted by Gasteiger charge is -2.01. The number of aldehydes is 1. The van der Waals surface area contributed by atoms with Gasteiger partial charge in [0.1, 0.15) is 6.10 Å². The van der Waals surface area contributed by atoms with E-state index in [2.05, 4.69) is 0 Å². The van der Waals surface area contributed by atoms with Crippen molar-refractivity contribution in [1.29, 1.82) is 0 Å². The first-order valence-electron chi connectivity index (χ1n) is 3.10. The minimum atomic E-state index is -0.861. The highest BCUT2D eigenvalue weighted by atomic mass is 32.1. The Kier molecular flexibility index (Phi) is 2.76. The Labute approximate surface area is 67.9 Å². The predicted molar refractivity (Wildman–Crippen MR) is 41.8 cm³/mol. The highest BCUT2D eigenvalue weighted by molar-refractivity contribution is 7.11. The molecule has 60 valence electrons. The Morgan fingerprint density at radius 1 is 1.73 bits per heavy atom. The highest BCUT2D eigenvalue weighted by Crippen LogP contribution is 2.18. The molecule has 0 fully saturated rings. The number of hydrogen-bond acceptors (Lipinski definition) is 4. The second kappa shape index (κ2) is 3.61. The van der Waals surface area contributed by atoms with Crippen molar-refractivity contribution >= 4 is 17.6 Å². The molecular weight excluding hydrogens is 164 g/mol. The van der Waals surface area contributed by atoms with Crippen LogP contribution < -0.4 is 0 Å². The van der Waals surface area contributed by atoms with Gasteiger partial charge in [0.2, 0.25) is 0 Å². The van der Waals surface area contributed by atoms with E-state index in [1.54, 1.807) is 11.4 Å². The average molecular weight is 172 g/mol. The zero-order valence-electron chi connectivity index (χ0n) is 5.73. The first-order chi connectivity index (χ1) is 5.27. The Balaban J connectivity index is 2.79. The summed E-state index contributed by atoms with van der Waals surface area (Å²) in [5.41, 5.74) is 0.597. The summed E-state index contributed by atoms with van der Waals surface area (Å²) in [5.74, 6) is 0. The molecule has 11 heavy (non-hydrogen) atoms. The molecule has 3 nitrogen and oxygen atoms in total. The largest absolute Gasteiger partial charge is 0.393 e. The molecule has 1 atom stereocenters. The fourth-order valence-electron chi connectivity index (χ4n) is 0.710. The minimum absolute atomic E-state index is 0.310. The van der Waals surface area contributed by atoms with Gasteiger partial charge in [-0.05, 0) is 17.0 Å². The van der Waals surface area contributed by atoms with Crippen LogP contribution in [-0.4, -0.2) is 23.1 Å². The molecule has 0 spiro atoms. The van der Waals surface area contributed by atoms with Crippen molar-refractivity contribution in [3.63, 3.8) is 0 Å². The molecule has 0 bridgehead atoms. The number of hydrogen-bond donors (Lipinski definition) is 2. The normalized spacial score (nSPS) is 12.9. The van der Waals surface area contributed by atoms with Gasteiger partial charge in [0, 0.05) is 0 Å². The fraction of sp³-hybridized carbons (Fsp3) is 0.286. The number of thiophene rings is 1. The average Bonchev–Trinajstić information content (AvgIpc) is 2.50. The van der Waals surface area contributed by atoms with E-state index in [1.807, 2.05) is 0 Å². The van der Waals surface area contributed by atoms with E-state index in [0.717, 1.165) is 6.29 Å². The van der Waals surface area contributed by atoms with Crippen LogP contribution in [0.2, 0.25) is 0 Å². The van der Waals surface area contributed by atoms with Crippen molar-refractivity contribution in [3.8, 4) is 0 Å². The maximum atomic E-state index is 10.2. The molecule has 0 aliphatic carbocycles. The van der Waals surface area contributed by atoms with Crippen LogP contribution in [-0.2, 0) is 0 Å². The predicted octanol–water partition coefficient (Wildman–Crippen LogP) is 0.586. The quantitative estimate of drug-likeness (QED) is 0.656. The van der Waals surface area contributed by atoms with Gasteiger partial charge in [-0.15, -0.1) is 11.3 Å². The van der Waals surface area contributed by atoms with Crippen LogP contribution in [0.5, 0.6) is 0 Å². The van der Waals surface area contributed by atoms with Gasteiger partial charge < -0.3 is 10.2 Å². The van der Waals surface area contributed by atoms with Gasteiger partial charge in [-0.2, -0.15) is 0 Å². The first-order valence-corrected chi connectivity index (χ1v) is 3.98. The van der Waals surface area contributed by atoms with Gasteiger partial charge in [0.15, 0.2) is 6.29 Å². The molecule has 0 aliphatic rings. The molecule has 0 saturated heterocycles. The minimum Gasteiger partial charge on any atom is -0.393 e. The lowest BCUT2D eigenvalue weighted by atomic mass is 10.2. The molecule has 4 heteroatoms. The van der Waals surface area contributed by atoms with Crippen molar-refractivity contribution in [2.75, 3.05) is 6.61 Å². The van der Waals surface area contributed by atoms with Gasteiger partial charge in [-0.3, -0.25) is 4.79 Å². The van der Waals surface area contributed by atoms with Crippen molar-refractivity contribution in [1.82, 2.24) is 0 Å². The van der Waals surface area contributed by atoms with E-state index < -0.39 is 6.10 Å². The van der Waals surface area contributed by atoms with Gasteiger partial charge in [0.05, 0.1) is 11.5 Å². The van der Waals surface area contributed by atoms with Gasteiger partial charge in [-0.1, -0.05) is 0 Å². The van der Waals surface area contributed by atoms with E-state index in [4.69, 9.17) is 10.2 Å². The zero-order chi connectivity index (χ0) is 8.27. The molecule has 1 heterocycles. The van der Waals surface area contributed by atoms with Gasteiger partial charge >= 0.3 is 0 Å². The smallest absolute Gasteiger partial charge is 0.160 e. The molecule has 2 N–H and O–H groups in total. The van der Waals surface area contributed by atoms with Crippen LogP contribution in [0.25, 0.3) is 0 Å². The molecule has 1 rings (SSSR count). The van der Waals surface area contributed by atoms with Crippen molar-refractivity contribution in [2.45, 2.75) is 6.10 Å². The second-order valence-electron chi connectivity index (χ2n) is 2.10. The monoisotopic (exact) mass is 172 g/mol. The number of carbonyl (C=O) groups is 1. The highest BCUT2D eigenvalue weighted by Gasteiger charge is 2.07.